The average Bonchev–Trinajstić information content (AvgIpc) is 2.99. The van der Waals surface area contributed by atoms with Gasteiger partial charge in [-0.15, -0.1) is 6.58 Å². The van der Waals surface area contributed by atoms with Gasteiger partial charge < -0.3 is 4.74 Å². The zero-order valence-electron chi connectivity index (χ0n) is 12.4. The Morgan fingerprint density at radius 1 is 1.05 bits per heavy atom. The molecule has 1 heterocycles. The molecule has 1 aliphatic heterocycles. The summed E-state index contributed by atoms with van der Waals surface area (Å²) in [7, 11) is 0. The molecule has 1 saturated heterocycles. The molecule has 0 spiro atoms. The van der Waals surface area contributed by atoms with Crippen molar-refractivity contribution in [2.45, 2.75) is 6.92 Å². The van der Waals surface area contributed by atoms with Crippen LogP contribution in [0.5, 0.6) is 0 Å². The lowest BCUT2D eigenvalue weighted by Crippen LogP contribution is -2.02. The largest absolute Gasteiger partial charge is 0.376 e. The number of hydrogen-bond donors (Lipinski definition) is 0. The van der Waals surface area contributed by atoms with Gasteiger partial charge in [0, 0.05) is 5.92 Å². The molecule has 1 unspecified atom stereocenters. The van der Waals surface area contributed by atoms with Gasteiger partial charge in [0.1, 0.15) is 0 Å². The van der Waals surface area contributed by atoms with Gasteiger partial charge in [-0.05, 0) is 29.2 Å². The van der Waals surface area contributed by atoms with Crippen LogP contribution in [0, 0.1) is 12.8 Å². The Hall–Kier alpha value is -2.12. The van der Waals surface area contributed by atoms with Crippen LogP contribution in [0.15, 0.2) is 72.8 Å². The van der Waals surface area contributed by atoms with E-state index in [4.69, 9.17) is 4.74 Å². The van der Waals surface area contributed by atoms with Gasteiger partial charge >= 0.3 is 0 Å². The summed E-state index contributed by atoms with van der Waals surface area (Å²) in [6.45, 7) is 7.50. The summed E-state index contributed by atoms with van der Waals surface area (Å²) in [5.41, 5.74) is 6.39. The summed E-state index contributed by atoms with van der Waals surface area (Å²) in [5, 5.41) is 0. The van der Waals surface area contributed by atoms with Crippen LogP contribution in [0.2, 0.25) is 0 Å². The van der Waals surface area contributed by atoms with Crippen molar-refractivity contribution >= 4 is 5.57 Å². The van der Waals surface area contributed by atoms with Crippen LogP contribution in [0.4, 0.5) is 0 Å². The van der Waals surface area contributed by atoms with Crippen LogP contribution in [0.1, 0.15) is 16.7 Å². The lowest BCUT2D eigenvalue weighted by Gasteiger charge is -2.15. The molecule has 2 aromatic carbocycles. The quantitative estimate of drug-likeness (QED) is 0.743. The van der Waals surface area contributed by atoms with E-state index in [1.165, 1.54) is 27.8 Å². The maximum Gasteiger partial charge on any atom is 0.0693 e. The minimum absolute atomic E-state index is 0.307. The van der Waals surface area contributed by atoms with Crippen molar-refractivity contribution in [1.82, 2.24) is 0 Å². The van der Waals surface area contributed by atoms with Crippen molar-refractivity contribution in [3.05, 3.63) is 89.5 Å². The van der Waals surface area contributed by atoms with Gasteiger partial charge in [0.15, 0.2) is 0 Å². The van der Waals surface area contributed by atoms with Gasteiger partial charge in [-0.2, -0.15) is 0 Å². The first-order valence-electron chi connectivity index (χ1n) is 7.35. The van der Waals surface area contributed by atoms with E-state index in [1.54, 1.807) is 0 Å². The Labute approximate surface area is 126 Å². The Bertz CT molecular complexity index is 650. The number of ether oxygens (including phenoxy) is 1. The maximum atomic E-state index is 5.68. The Morgan fingerprint density at radius 2 is 1.71 bits per heavy atom. The molecule has 2 aromatic rings. The van der Waals surface area contributed by atoms with E-state index in [-0.39, 0.29) is 0 Å². The first-order valence-corrected chi connectivity index (χ1v) is 7.35. The Balaban J connectivity index is 2.18. The molecule has 106 valence electrons. The van der Waals surface area contributed by atoms with Crippen molar-refractivity contribution in [3.8, 4) is 0 Å². The number of hydrogen-bond acceptors (Lipinski definition) is 1. The van der Waals surface area contributed by atoms with E-state index in [0.29, 0.717) is 12.5 Å². The summed E-state index contributed by atoms with van der Waals surface area (Å²) >= 11 is 0. The number of aryl methyl sites for hydroxylation is 1. The third-order valence-corrected chi connectivity index (χ3v) is 4.01. The van der Waals surface area contributed by atoms with Crippen LogP contribution in [-0.2, 0) is 4.74 Å². The van der Waals surface area contributed by atoms with E-state index < -0.39 is 0 Å². The number of benzene rings is 2. The van der Waals surface area contributed by atoms with Gasteiger partial charge in [-0.3, -0.25) is 0 Å². The lowest BCUT2D eigenvalue weighted by molar-refractivity contribution is 0.195. The van der Waals surface area contributed by atoms with Crippen molar-refractivity contribution in [2.75, 3.05) is 13.2 Å². The van der Waals surface area contributed by atoms with Gasteiger partial charge in [0.2, 0.25) is 0 Å². The van der Waals surface area contributed by atoms with Gasteiger partial charge in [-0.1, -0.05) is 66.2 Å². The van der Waals surface area contributed by atoms with E-state index >= 15 is 0 Å². The first kappa shape index (κ1) is 13.8. The molecule has 0 aromatic heterocycles. The molecule has 1 atom stereocenters. The molecule has 0 amide bonds. The Morgan fingerprint density at radius 3 is 2.38 bits per heavy atom. The third-order valence-electron chi connectivity index (χ3n) is 4.01. The number of rotatable bonds is 3. The van der Waals surface area contributed by atoms with E-state index in [1.807, 2.05) is 6.08 Å². The molecule has 0 N–H and O–H groups in total. The van der Waals surface area contributed by atoms with Crippen molar-refractivity contribution in [1.29, 1.82) is 0 Å². The predicted octanol–water partition coefficient (Wildman–Crippen LogP) is 4.63. The van der Waals surface area contributed by atoms with Gasteiger partial charge in [0.05, 0.1) is 13.2 Å². The molecule has 1 heteroatoms. The molecule has 1 fully saturated rings. The summed E-state index contributed by atoms with van der Waals surface area (Å²) in [6.07, 6.45) is 2.00. The second-order valence-electron chi connectivity index (χ2n) is 5.49. The standard InChI is InChI=1S/C20H20O/c1-3-16-13-21-14-19(16)20(17-7-5-4-6-8-17)18-11-9-15(2)10-12-18/h3-12,16H,1,13-14H2,2H3/b20-19+. The molecule has 0 saturated carbocycles. The highest BCUT2D eigenvalue weighted by atomic mass is 16.5. The van der Waals surface area contributed by atoms with Crippen LogP contribution in [0.3, 0.4) is 0 Å². The molecule has 3 rings (SSSR count). The minimum atomic E-state index is 0.307. The van der Waals surface area contributed by atoms with E-state index in [9.17, 15) is 0 Å². The molecule has 1 nitrogen and oxygen atoms in total. The average molecular weight is 276 g/mol. The lowest BCUT2D eigenvalue weighted by atomic mass is 9.88. The summed E-state index contributed by atoms with van der Waals surface area (Å²) < 4.78 is 5.68. The molecule has 21 heavy (non-hydrogen) atoms. The summed E-state index contributed by atoms with van der Waals surface area (Å²) in [6, 6.07) is 19.3. The maximum absolute atomic E-state index is 5.68. The molecular weight excluding hydrogens is 256 g/mol. The second-order valence-corrected chi connectivity index (χ2v) is 5.49. The highest BCUT2D eigenvalue weighted by Crippen LogP contribution is 2.34. The predicted molar refractivity (Wildman–Crippen MR) is 88.1 cm³/mol. The van der Waals surface area contributed by atoms with Gasteiger partial charge in [0.25, 0.3) is 0 Å². The monoisotopic (exact) mass is 276 g/mol. The second kappa shape index (κ2) is 6.11. The minimum Gasteiger partial charge on any atom is -0.376 e. The van der Waals surface area contributed by atoms with Gasteiger partial charge in [-0.25, -0.2) is 0 Å². The topological polar surface area (TPSA) is 9.23 Å². The van der Waals surface area contributed by atoms with Crippen molar-refractivity contribution in [3.63, 3.8) is 0 Å². The highest BCUT2D eigenvalue weighted by Gasteiger charge is 2.23. The smallest absolute Gasteiger partial charge is 0.0693 e. The molecule has 0 aliphatic carbocycles. The zero-order chi connectivity index (χ0) is 14.7. The fourth-order valence-electron chi connectivity index (χ4n) is 2.83. The van der Waals surface area contributed by atoms with Crippen molar-refractivity contribution in [2.24, 2.45) is 5.92 Å². The van der Waals surface area contributed by atoms with Crippen LogP contribution in [0.25, 0.3) is 5.57 Å². The van der Waals surface area contributed by atoms with E-state index in [0.717, 1.165) is 6.61 Å². The molecular formula is C20H20O. The first-order chi connectivity index (χ1) is 10.3. The SMILES string of the molecule is C=CC1COC/C1=C(/c1ccccc1)c1ccc(C)cc1. The normalized spacial score (nSPS) is 20.3. The summed E-state index contributed by atoms with van der Waals surface area (Å²) in [5.74, 6) is 0.307. The van der Waals surface area contributed by atoms with E-state index in [2.05, 4.69) is 68.1 Å². The van der Waals surface area contributed by atoms with Crippen LogP contribution in [-0.4, -0.2) is 13.2 Å². The Kier molecular flexibility index (Phi) is 4.03. The molecule has 0 radical (unpaired) electrons. The summed E-state index contributed by atoms with van der Waals surface area (Å²) in [4.78, 5) is 0. The fourth-order valence-corrected chi connectivity index (χ4v) is 2.83. The molecule has 1 aliphatic rings. The molecule has 0 bridgehead atoms. The zero-order valence-corrected chi connectivity index (χ0v) is 12.4. The van der Waals surface area contributed by atoms with Crippen molar-refractivity contribution < 1.29 is 4.74 Å². The third kappa shape index (κ3) is 2.84. The van der Waals surface area contributed by atoms with Crippen LogP contribution >= 0.6 is 0 Å². The highest BCUT2D eigenvalue weighted by molar-refractivity contribution is 5.83. The fraction of sp³-hybridized carbons (Fsp3) is 0.200. The van der Waals surface area contributed by atoms with Crippen LogP contribution < -0.4 is 0 Å².